The maximum absolute atomic E-state index is 5.79. The monoisotopic (exact) mass is 297 g/mol. The number of rotatable bonds is 3. The first-order valence-corrected chi connectivity index (χ1v) is 7.93. The van der Waals surface area contributed by atoms with E-state index in [4.69, 9.17) is 5.73 Å². The van der Waals surface area contributed by atoms with Crippen LogP contribution >= 0.6 is 0 Å². The Morgan fingerprint density at radius 3 is 2.86 bits per heavy atom. The smallest absolute Gasteiger partial charge is 0.228 e. The minimum absolute atomic E-state index is 0.218. The second kappa shape index (κ2) is 5.91. The number of nitrogen functional groups attached to an aromatic ring is 1. The molecule has 116 valence electrons. The largest absolute Gasteiger partial charge is 0.368 e. The molecule has 0 bridgehead atoms. The van der Waals surface area contributed by atoms with Gasteiger partial charge in [0, 0.05) is 6.42 Å². The van der Waals surface area contributed by atoms with Gasteiger partial charge in [0.15, 0.2) is 0 Å². The summed E-state index contributed by atoms with van der Waals surface area (Å²) in [5.41, 5.74) is 9.87. The Labute approximate surface area is 131 Å². The fraction of sp³-hybridized carbons (Fsp3) is 0.471. The molecule has 0 saturated carbocycles. The van der Waals surface area contributed by atoms with Crippen LogP contribution < -0.4 is 11.1 Å². The van der Waals surface area contributed by atoms with Gasteiger partial charge >= 0.3 is 0 Å². The molecule has 1 aliphatic carbocycles. The quantitative estimate of drug-likeness (QED) is 0.910. The SMILES string of the molecule is CCc1nc(N)nc(N[C@H]2c3ccc(C)cc3CC[C@H]2C)n1. The van der Waals surface area contributed by atoms with E-state index in [2.05, 4.69) is 52.3 Å². The zero-order valence-electron chi connectivity index (χ0n) is 13.4. The molecule has 0 unspecified atom stereocenters. The third-order valence-electron chi connectivity index (χ3n) is 4.37. The van der Waals surface area contributed by atoms with E-state index in [0.29, 0.717) is 11.9 Å². The van der Waals surface area contributed by atoms with Gasteiger partial charge in [-0.1, -0.05) is 37.6 Å². The van der Waals surface area contributed by atoms with Crippen molar-refractivity contribution in [1.29, 1.82) is 0 Å². The van der Waals surface area contributed by atoms with E-state index in [-0.39, 0.29) is 12.0 Å². The highest BCUT2D eigenvalue weighted by molar-refractivity contribution is 5.42. The summed E-state index contributed by atoms with van der Waals surface area (Å²) < 4.78 is 0. The van der Waals surface area contributed by atoms with Gasteiger partial charge < -0.3 is 11.1 Å². The number of hydrogen-bond acceptors (Lipinski definition) is 5. The van der Waals surface area contributed by atoms with E-state index in [1.807, 2.05) is 6.92 Å². The lowest BCUT2D eigenvalue weighted by Gasteiger charge is -2.32. The Morgan fingerprint density at radius 2 is 2.09 bits per heavy atom. The molecule has 3 N–H and O–H groups in total. The lowest BCUT2D eigenvalue weighted by atomic mass is 9.80. The summed E-state index contributed by atoms with van der Waals surface area (Å²) in [6.07, 6.45) is 3.04. The summed E-state index contributed by atoms with van der Waals surface area (Å²) >= 11 is 0. The van der Waals surface area contributed by atoms with Crippen LogP contribution in [-0.2, 0) is 12.8 Å². The first-order valence-electron chi connectivity index (χ1n) is 7.93. The molecule has 0 fully saturated rings. The van der Waals surface area contributed by atoms with Crippen LogP contribution in [0.4, 0.5) is 11.9 Å². The second-order valence-corrected chi connectivity index (χ2v) is 6.13. The highest BCUT2D eigenvalue weighted by Crippen LogP contribution is 2.36. The summed E-state index contributed by atoms with van der Waals surface area (Å²) in [6, 6.07) is 6.90. The van der Waals surface area contributed by atoms with Gasteiger partial charge in [0.25, 0.3) is 0 Å². The molecule has 0 radical (unpaired) electrons. The number of aromatic nitrogens is 3. The third kappa shape index (κ3) is 2.89. The first kappa shape index (κ1) is 14.8. The molecular formula is C17H23N5. The minimum Gasteiger partial charge on any atom is -0.368 e. The fourth-order valence-corrected chi connectivity index (χ4v) is 3.13. The Hall–Kier alpha value is -2.17. The van der Waals surface area contributed by atoms with Gasteiger partial charge in [-0.3, -0.25) is 0 Å². The molecule has 3 rings (SSSR count). The molecule has 1 aromatic carbocycles. The molecule has 2 atom stereocenters. The zero-order valence-corrected chi connectivity index (χ0v) is 13.4. The van der Waals surface area contributed by atoms with Crippen molar-refractivity contribution in [3.63, 3.8) is 0 Å². The van der Waals surface area contributed by atoms with Crippen molar-refractivity contribution in [2.45, 2.75) is 46.1 Å². The van der Waals surface area contributed by atoms with Crippen LogP contribution in [0.3, 0.4) is 0 Å². The molecule has 0 amide bonds. The van der Waals surface area contributed by atoms with Gasteiger partial charge in [0.05, 0.1) is 6.04 Å². The number of nitrogens with one attached hydrogen (secondary N) is 1. The van der Waals surface area contributed by atoms with E-state index in [9.17, 15) is 0 Å². The summed E-state index contributed by atoms with van der Waals surface area (Å²) in [7, 11) is 0. The van der Waals surface area contributed by atoms with Crippen molar-refractivity contribution in [3.8, 4) is 0 Å². The van der Waals surface area contributed by atoms with Crippen LogP contribution in [0.5, 0.6) is 0 Å². The van der Waals surface area contributed by atoms with E-state index in [1.54, 1.807) is 0 Å². The van der Waals surface area contributed by atoms with Gasteiger partial charge in [-0.2, -0.15) is 15.0 Å². The molecule has 22 heavy (non-hydrogen) atoms. The molecule has 2 aromatic rings. The number of aryl methyl sites for hydroxylation is 3. The van der Waals surface area contributed by atoms with Crippen molar-refractivity contribution in [1.82, 2.24) is 15.0 Å². The molecule has 5 nitrogen and oxygen atoms in total. The van der Waals surface area contributed by atoms with Gasteiger partial charge in [0.2, 0.25) is 11.9 Å². The molecule has 1 aromatic heterocycles. The predicted octanol–water partition coefficient (Wildman–Crippen LogP) is 3.06. The van der Waals surface area contributed by atoms with Gasteiger partial charge in [0.1, 0.15) is 5.82 Å². The van der Waals surface area contributed by atoms with E-state index >= 15 is 0 Å². The van der Waals surface area contributed by atoms with E-state index in [0.717, 1.165) is 25.1 Å². The summed E-state index contributed by atoms with van der Waals surface area (Å²) in [5.74, 6) is 2.11. The molecule has 0 aliphatic heterocycles. The van der Waals surface area contributed by atoms with E-state index in [1.165, 1.54) is 16.7 Å². The number of anilines is 2. The molecule has 0 spiro atoms. The lowest BCUT2D eigenvalue weighted by Crippen LogP contribution is -2.26. The normalized spacial score (nSPS) is 20.5. The standard InChI is InChI=1S/C17H23N5/c1-4-14-19-16(18)22-17(20-14)21-15-11(3)6-7-12-9-10(2)5-8-13(12)15/h5,8-9,11,15H,4,6-7H2,1-3H3,(H3,18,19,20,21,22)/t11-,15-/m1/s1. The molecular weight excluding hydrogens is 274 g/mol. The van der Waals surface area contributed by atoms with Crippen molar-refractivity contribution in [3.05, 3.63) is 40.7 Å². The average Bonchev–Trinajstić information content (AvgIpc) is 2.49. The topological polar surface area (TPSA) is 76.7 Å². The summed E-state index contributed by atoms with van der Waals surface area (Å²) in [6.45, 7) is 6.42. The van der Waals surface area contributed by atoms with Crippen molar-refractivity contribution < 1.29 is 0 Å². The van der Waals surface area contributed by atoms with Crippen LogP contribution in [0, 0.1) is 12.8 Å². The summed E-state index contributed by atoms with van der Waals surface area (Å²) in [4.78, 5) is 12.8. The third-order valence-corrected chi connectivity index (χ3v) is 4.37. The average molecular weight is 297 g/mol. The predicted molar refractivity (Wildman–Crippen MR) is 88.6 cm³/mol. The van der Waals surface area contributed by atoms with Crippen LogP contribution in [0.2, 0.25) is 0 Å². The first-order chi connectivity index (χ1) is 10.6. The molecule has 1 aliphatic rings. The highest BCUT2D eigenvalue weighted by Gasteiger charge is 2.27. The van der Waals surface area contributed by atoms with Gasteiger partial charge in [-0.15, -0.1) is 0 Å². The maximum atomic E-state index is 5.79. The van der Waals surface area contributed by atoms with Crippen molar-refractivity contribution >= 4 is 11.9 Å². The Kier molecular flexibility index (Phi) is 3.96. The molecule has 5 heteroatoms. The number of hydrogen-bond donors (Lipinski definition) is 2. The number of nitrogens with two attached hydrogens (primary N) is 1. The highest BCUT2D eigenvalue weighted by atomic mass is 15.2. The zero-order chi connectivity index (χ0) is 15.7. The van der Waals surface area contributed by atoms with Crippen molar-refractivity contribution in [2.75, 3.05) is 11.1 Å². The molecule has 1 heterocycles. The van der Waals surface area contributed by atoms with E-state index < -0.39 is 0 Å². The Morgan fingerprint density at radius 1 is 1.27 bits per heavy atom. The Balaban J connectivity index is 1.93. The van der Waals surface area contributed by atoms with Crippen LogP contribution in [-0.4, -0.2) is 15.0 Å². The number of benzene rings is 1. The fourth-order valence-electron chi connectivity index (χ4n) is 3.13. The summed E-state index contributed by atoms with van der Waals surface area (Å²) in [5, 5.41) is 3.48. The van der Waals surface area contributed by atoms with Gasteiger partial charge in [-0.05, 0) is 36.8 Å². The van der Waals surface area contributed by atoms with Crippen LogP contribution in [0.15, 0.2) is 18.2 Å². The van der Waals surface area contributed by atoms with Crippen LogP contribution in [0.25, 0.3) is 0 Å². The van der Waals surface area contributed by atoms with Crippen LogP contribution in [0.1, 0.15) is 48.8 Å². The minimum atomic E-state index is 0.218. The number of nitrogens with zero attached hydrogens (tertiary/aromatic N) is 3. The molecule has 0 saturated heterocycles. The lowest BCUT2D eigenvalue weighted by molar-refractivity contribution is 0.432. The maximum Gasteiger partial charge on any atom is 0.228 e. The van der Waals surface area contributed by atoms with Gasteiger partial charge in [-0.25, -0.2) is 0 Å². The van der Waals surface area contributed by atoms with Crippen molar-refractivity contribution in [2.24, 2.45) is 5.92 Å². The second-order valence-electron chi connectivity index (χ2n) is 6.13. The number of fused-ring (bicyclic) bond motifs is 1. The Bertz CT molecular complexity index is 683.